The highest BCUT2D eigenvalue weighted by Gasteiger charge is 2.25. The molecule has 0 bridgehead atoms. The van der Waals surface area contributed by atoms with E-state index >= 15 is 0 Å². The molecule has 0 aliphatic rings. The van der Waals surface area contributed by atoms with Crippen LogP contribution in [0.1, 0.15) is 13.8 Å². The summed E-state index contributed by atoms with van der Waals surface area (Å²) in [5.74, 6) is -0.0583. The monoisotopic (exact) mass is 483 g/mol. The van der Waals surface area contributed by atoms with Crippen molar-refractivity contribution in [2.24, 2.45) is 0 Å². The molecule has 1 heterocycles. The molecule has 33 heavy (non-hydrogen) atoms. The van der Waals surface area contributed by atoms with Gasteiger partial charge in [-0.15, -0.1) is 0 Å². The Morgan fingerprint density at radius 2 is 1.82 bits per heavy atom. The summed E-state index contributed by atoms with van der Waals surface area (Å²) >= 11 is 1.21. The number of amides is 1. The van der Waals surface area contributed by atoms with Crippen LogP contribution in [0.4, 0.5) is 5.69 Å². The van der Waals surface area contributed by atoms with Crippen molar-refractivity contribution in [3.63, 3.8) is 0 Å². The maximum Gasteiger partial charge on any atom is 0.257 e. The Kier molecular flexibility index (Phi) is 6.47. The van der Waals surface area contributed by atoms with E-state index in [-0.39, 0.29) is 10.8 Å². The molecule has 1 unspecified atom stereocenters. The van der Waals surface area contributed by atoms with E-state index < -0.39 is 15.3 Å². The summed E-state index contributed by atoms with van der Waals surface area (Å²) < 4.78 is 31.7. The summed E-state index contributed by atoms with van der Waals surface area (Å²) in [5.41, 5.74) is 1.77. The normalized spacial score (nSPS) is 13.0. The summed E-state index contributed by atoms with van der Waals surface area (Å²) in [4.78, 5) is 19.7. The number of thioether (sulfide) groups is 1. The molecule has 0 aliphatic carbocycles. The molecule has 172 valence electrons. The Hall–Kier alpha value is -2.88. The number of aromatic nitrogens is 1. The molecule has 4 aromatic rings. The van der Waals surface area contributed by atoms with Crippen LogP contribution in [0.15, 0.2) is 75.2 Å². The number of hydrogen-bond acceptors (Lipinski definition) is 6. The molecule has 0 saturated heterocycles. The van der Waals surface area contributed by atoms with E-state index in [9.17, 15) is 13.2 Å². The third-order valence-corrected chi connectivity index (χ3v) is 8.13. The molecular formula is C24H25N3O4S2. The van der Waals surface area contributed by atoms with E-state index in [2.05, 4.69) is 4.98 Å². The number of sulfonamides is 1. The zero-order valence-corrected chi connectivity index (χ0v) is 20.5. The van der Waals surface area contributed by atoms with Crippen molar-refractivity contribution in [1.82, 2.24) is 9.29 Å². The Morgan fingerprint density at radius 1 is 1.09 bits per heavy atom. The van der Waals surface area contributed by atoms with Crippen LogP contribution in [0.3, 0.4) is 0 Å². The highest BCUT2D eigenvalue weighted by Crippen LogP contribution is 2.32. The molecule has 0 saturated carbocycles. The Bertz CT molecular complexity index is 1420. The highest BCUT2D eigenvalue weighted by molar-refractivity contribution is 8.00. The quantitative estimate of drug-likeness (QED) is 0.352. The molecule has 1 atom stereocenters. The van der Waals surface area contributed by atoms with Gasteiger partial charge < -0.3 is 9.32 Å². The first-order chi connectivity index (χ1) is 15.7. The number of carbonyl (C=O) groups excluding carboxylic acids is 1. The SMILES string of the molecule is CCN(C(=O)C(C)Sc1nc2cc(S(=O)(=O)N(C)C)ccc2o1)c1cccc2ccccc12. The van der Waals surface area contributed by atoms with Gasteiger partial charge in [0.1, 0.15) is 5.52 Å². The summed E-state index contributed by atoms with van der Waals surface area (Å²) in [5, 5.41) is 1.95. The lowest BCUT2D eigenvalue weighted by Crippen LogP contribution is -2.36. The van der Waals surface area contributed by atoms with Gasteiger partial charge in [-0.05, 0) is 43.5 Å². The molecule has 0 aliphatic heterocycles. The first kappa shape index (κ1) is 23.3. The van der Waals surface area contributed by atoms with Gasteiger partial charge in [-0.1, -0.05) is 48.2 Å². The van der Waals surface area contributed by atoms with Crippen LogP contribution >= 0.6 is 11.8 Å². The van der Waals surface area contributed by atoms with Crippen molar-refractivity contribution < 1.29 is 17.6 Å². The van der Waals surface area contributed by atoms with Gasteiger partial charge in [-0.25, -0.2) is 17.7 Å². The fourth-order valence-electron chi connectivity index (χ4n) is 3.62. The van der Waals surface area contributed by atoms with Crippen LogP contribution in [0.2, 0.25) is 0 Å². The molecule has 1 amide bonds. The minimum atomic E-state index is -3.57. The van der Waals surface area contributed by atoms with Gasteiger partial charge in [0.25, 0.3) is 5.22 Å². The number of anilines is 1. The summed E-state index contributed by atoms with van der Waals surface area (Å²) in [7, 11) is -0.618. The fourth-order valence-corrected chi connectivity index (χ4v) is 5.36. The second kappa shape index (κ2) is 9.17. The van der Waals surface area contributed by atoms with Crippen molar-refractivity contribution in [3.8, 4) is 0 Å². The lowest BCUT2D eigenvalue weighted by atomic mass is 10.1. The smallest absolute Gasteiger partial charge is 0.257 e. The fraction of sp³-hybridized carbons (Fsp3) is 0.250. The van der Waals surface area contributed by atoms with E-state index in [4.69, 9.17) is 4.42 Å². The van der Waals surface area contributed by atoms with Crippen LogP contribution in [-0.2, 0) is 14.8 Å². The largest absolute Gasteiger partial charge is 0.431 e. The predicted molar refractivity (Wildman–Crippen MR) is 132 cm³/mol. The van der Waals surface area contributed by atoms with E-state index in [0.717, 1.165) is 20.8 Å². The zero-order valence-electron chi connectivity index (χ0n) is 18.8. The third kappa shape index (κ3) is 4.48. The maximum absolute atomic E-state index is 13.3. The lowest BCUT2D eigenvalue weighted by Gasteiger charge is -2.25. The molecule has 3 aromatic carbocycles. The molecule has 9 heteroatoms. The Balaban J connectivity index is 1.59. The molecule has 4 rings (SSSR count). The second-order valence-corrected chi connectivity index (χ2v) is 11.2. The average Bonchev–Trinajstić information content (AvgIpc) is 3.21. The molecule has 1 aromatic heterocycles. The van der Waals surface area contributed by atoms with Crippen LogP contribution in [-0.4, -0.2) is 49.5 Å². The first-order valence-corrected chi connectivity index (χ1v) is 12.8. The zero-order chi connectivity index (χ0) is 23.8. The Labute approximate surface area is 197 Å². The molecule has 0 fully saturated rings. The van der Waals surface area contributed by atoms with Gasteiger partial charge in [0.15, 0.2) is 5.58 Å². The highest BCUT2D eigenvalue weighted by atomic mass is 32.2. The van der Waals surface area contributed by atoms with Crippen LogP contribution in [0, 0.1) is 0 Å². The minimum absolute atomic E-state index is 0.0583. The molecule has 0 N–H and O–H groups in total. The topological polar surface area (TPSA) is 83.7 Å². The van der Waals surface area contributed by atoms with Crippen LogP contribution in [0.5, 0.6) is 0 Å². The van der Waals surface area contributed by atoms with Crippen LogP contribution in [0.25, 0.3) is 21.9 Å². The lowest BCUT2D eigenvalue weighted by molar-refractivity contribution is -0.117. The number of oxazole rings is 1. The van der Waals surface area contributed by atoms with Crippen molar-refractivity contribution in [2.75, 3.05) is 25.5 Å². The van der Waals surface area contributed by atoms with Gasteiger partial charge in [0.05, 0.1) is 15.8 Å². The number of nitrogens with zero attached hydrogens (tertiary/aromatic N) is 3. The van der Waals surface area contributed by atoms with Crippen molar-refractivity contribution in [3.05, 3.63) is 60.7 Å². The van der Waals surface area contributed by atoms with E-state index in [1.807, 2.05) is 56.3 Å². The van der Waals surface area contributed by atoms with E-state index in [1.165, 1.54) is 38.0 Å². The average molecular weight is 484 g/mol. The third-order valence-electron chi connectivity index (χ3n) is 5.38. The molecular weight excluding hydrogens is 458 g/mol. The Morgan fingerprint density at radius 3 is 2.55 bits per heavy atom. The van der Waals surface area contributed by atoms with Crippen molar-refractivity contribution in [2.45, 2.75) is 29.2 Å². The first-order valence-electron chi connectivity index (χ1n) is 10.5. The summed E-state index contributed by atoms with van der Waals surface area (Å²) in [6.07, 6.45) is 0. The number of hydrogen-bond donors (Lipinski definition) is 0. The maximum atomic E-state index is 13.3. The van der Waals surface area contributed by atoms with Gasteiger partial charge >= 0.3 is 0 Å². The molecule has 7 nitrogen and oxygen atoms in total. The van der Waals surface area contributed by atoms with Crippen molar-refractivity contribution in [1.29, 1.82) is 0 Å². The number of rotatable bonds is 7. The number of fused-ring (bicyclic) bond motifs is 2. The van der Waals surface area contributed by atoms with E-state index in [0.29, 0.717) is 22.9 Å². The van der Waals surface area contributed by atoms with E-state index in [1.54, 1.807) is 11.0 Å². The molecule has 0 spiro atoms. The van der Waals surface area contributed by atoms with Gasteiger partial charge in [0.2, 0.25) is 15.9 Å². The van der Waals surface area contributed by atoms with Gasteiger partial charge in [0, 0.05) is 26.0 Å². The standard InChI is InChI=1S/C24H25N3O4S2/c1-5-27(21-12-8-10-17-9-6-7-11-19(17)21)23(28)16(2)32-24-25-20-15-18(13-14-22(20)31-24)33(29,30)26(3)4/h6-16H,5H2,1-4H3. The van der Waals surface area contributed by atoms with Crippen LogP contribution < -0.4 is 4.90 Å². The second-order valence-electron chi connectivity index (χ2n) is 7.74. The number of carbonyl (C=O) groups is 1. The predicted octanol–water partition coefficient (Wildman–Crippen LogP) is 4.77. The molecule has 0 radical (unpaired) electrons. The summed E-state index contributed by atoms with van der Waals surface area (Å²) in [6, 6.07) is 18.5. The number of benzene rings is 3. The summed E-state index contributed by atoms with van der Waals surface area (Å²) in [6.45, 7) is 4.29. The van der Waals surface area contributed by atoms with Crippen molar-refractivity contribution >= 4 is 55.3 Å². The minimum Gasteiger partial charge on any atom is -0.431 e. The van der Waals surface area contributed by atoms with Gasteiger partial charge in [-0.3, -0.25) is 4.79 Å². The van der Waals surface area contributed by atoms with Gasteiger partial charge in [-0.2, -0.15) is 0 Å².